The Morgan fingerprint density at radius 3 is 2.81 bits per heavy atom. The second-order valence-corrected chi connectivity index (χ2v) is 7.84. The van der Waals surface area contributed by atoms with Gasteiger partial charge in [0.05, 0.1) is 0 Å². The van der Waals surface area contributed by atoms with Crippen LogP contribution in [0.2, 0.25) is 0 Å². The van der Waals surface area contributed by atoms with Crippen LogP contribution in [0.5, 0.6) is 0 Å². The Labute approximate surface area is 136 Å². The molecule has 2 atom stereocenters. The molecule has 0 heterocycles. The van der Waals surface area contributed by atoms with Crippen LogP contribution >= 0.6 is 15.9 Å². The molecule has 1 fully saturated rings. The van der Waals surface area contributed by atoms with Crippen LogP contribution in [0.4, 0.5) is 4.39 Å². The highest BCUT2D eigenvalue weighted by Gasteiger charge is 2.39. The second kappa shape index (κ2) is 7.23. The highest BCUT2D eigenvalue weighted by Crippen LogP contribution is 2.45. The maximum absolute atomic E-state index is 13.5. The van der Waals surface area contributed by atoms with E-state index in [1.165, 1.54) is 25.3 Å². The molecule has 2 unspecified atom stereocenters. The summed E-state index contributed by atoms with van der Waals surface area (Å²) in [4.78, 5) is 0. The summed E-state index contributed by atoms with van der Waals surface area (Å²) in [7, 11) is 0. The Kier molecular flexibility index (Phi) is 5.84. The van der Waals surface area contributed by atoms with Crippen molar-refractivity contribution in [1.82, 2.24) is 5.32 Å². The van der Waals surface area contributed by atoms with Crippen LogP contribution in [0, 0.1) is 17.2 Å². The number of nitrogens with one attached hydrogen (secondary N) is 1. The van der Waals surface area contributed by atoms with E-state index in [9.17, 15) is 4.39 Å². The summed E-state index contributed by atoms with van der Waals surface area (Å²) in [6.45, 7) is 7.99. The quantitative estimate of drug-likeness (QED) is 0.727. The molecule has 0 bridgehead atoms. The van der Waals surface area contributed by atoms with E-state index in [-0.39, 0.29) is 5.82 Å². The standard InChI is InChI=1S/C18H27BrFN/c1-4-10-21-17(15-6-5-9-18(15,2)3)12-13-11-14(20)7-8-16(13)19/h7-8,11,15,17,21H,4-6,9-10,12H2,1-3H3. The maximum atomic E-state index is 13.5. The first-order chi connectivity index (χ1) is 9.94. The number of halogens is 2. The van der Waals surface area contributed by atoms with Gasteiger partial charge in [0, 0.05) is 10.5 Å². The third-order valence-corrected chi connectivity index (χ3v) is 5.70. The van der Waals surface area contributed by atoms with E-state index in [0.717, 1.165) is 29.4 Å². The van der Waals surface area contributed by atoms with Crippen LogP contribution in [-0.2, 0) is 6.42 Å². The summed E-state index contributed by atoms with van der Waals surface area (Å²) in [5.41, 5.74) is 1.46. The molecule has 3 heteroatoms. The van der Waals surface area contributed by atoms with Crippen molar-refractivity contribution in [3.8, 4) is 0 Å². The van der Waals surface area contributed by atoms with Crippen LogP contribution in [-0.4, -0.2) is 12.6 Å². The summed E-state index contributed by atoms with van der Waals surface area (Å²) < 4.78 is 14.6. The van der Waals surface area contributed by atoms with E-state index < -0.39 is 0 Å². The third-order valence-electron chi connectivity index (χ3n) is 4.93. The molecular formula is C18H27BrFN. The van der Waals surface area contributed by atoms with Gasteiger partial charge in [-0.2, -0.15) is 0 Å². The van der Waals surface area contributed by atoms with E-state index in [1.54, 1.807) is 6.07 Å². The van der Waals surface area contributed by atoms with Gasteiger partial charge in [0.15, 0.2) is 0 Å². The van der Waals surface area contributed by atoms with Gasteiger partial charge in [0.25, 0.3) is 0 Å². The molecule has 1 aliphatic rings. The molecule has 0 radical (unpaired) electrons. The molecular weight excluding hydrogens is 329 g/mol. The topological polar surface area (TPSA) is 12.0 Å². The molecule has 2 rings (SSSR count). The first-order valence-electron chi connectivity index (χ1n) is 8.11. The zero-order valence-electron chi connectivity index (χ0n) is 13.4. The zero-order valence-corrected chi connectivity index (χ0v) is 15.0. The summed E-state index contributed by atoms with van der Waals surface area (Å²) in [5.74, 6) is 0.521. The lowest BCUT2D eigenvalue weighted by molar-refractivity contribution is 0.195. The molecule has 1 aliphatic carbocycles. The normalized spacial score (nSPS) is 22.4. The van der Waals surface area contributed by atoms with E-state index in [4.69, 9.17) is 0 Å². The van der Waals surface area contributed by atoms with Gasteiger partial charge in [-0.1, -0.05) is 43.1 Å². The number of hydrogen-bond donors (Lipinski definition) is 1. The molecule has 0 aromatic heterocycles. The molecule has 0 spiro atoms. The highest BCUT2D eigenvalue weighted by atomic mass is 79.9. The van der Waals surface area contributed by atoms with Gasteiger partial charge in [-0.15, -0.1) is 0 Å². The fraction of sp³-hybridized carbons (Fsp3) is 0.667. The van der Waals surface area contributed by atoms with E-state index >= 15 is 0 Å². The van der Waals surface area contributed by atoms with Crippen molar-refractivity contribution in [2.45, 2.75) is 58.9 Å². The summed E-state index contributed by atoms with van der Waals surface area (Å²) in [5, 5.41) is 3.72. The van der Waals surface area contributed by atoms with Crippen LogP contribution in [0.25, 0.3) is 0 Å². The first-order valence-corrected chi connectivity index (χ1v) is 8.90. The average Bonchev–Trinajstić information content (AvgIpc) is 2.78. The van der Waals surface area contributed by atoms with Gasteiger partial charge in [0.2, 0.25) is 0 Å². The van der Waals surface area contributed by atoms with Crippen molar-refractivity contribution in [3.05, 3.63) is 34.1 Å². The highest BCUT2D eigenvalue weighted by molar-refractivity contribution is 9.10. The Balaban J connectivity index is 2.18. The minimum absolute atomic E-state index is 0.145. The lowest BCUT2D eigenvalue weighted by Gasteiger charge is -2.35. The summed E-state index contributed by atoms with van der Waals surface area (Å²) >= 11 is 3.57. The maximum Gasteiger partial charge on any atom is 0.123 e. The Bertz CT molecular complexity index is 472. The Morgan fingerprint density at radius 1 is 1.43 bits per heavy atom. The van der Waals surface area contributed by atoms with E-state index in [2.05, 4.69) is 42.0 Å². The van der Waals surface area contributed by atoms with Gasteiger partial charge in [-0.3, -0.25) is 0 Å². The van der Waals surface area contributed by atoms with Gasteiger partial charge in [-0.05, 0) is 67.3 Å². The molecule has 0 aliphatic heterocycles. The SMILES string of the molecule is CCCNC(Cc1cc(F)ccc1Br)C1CCCC1(C)C. The van der Waals surface area contributed by atoms with Crippen LogP contribution in [0.15, 0.2) is 22.7 Å². The molecule has 1 nitrogen and oxygen atoms in total. The summed E-state index contributed by atoms with van der Waals surface area (Å²) in [6, 6.07) is 5.44. The lowest BCUT2D eigenvalue weighted by Crippen LogP contribution is -2.42. The molecule has 1 saturated carbocycles. The number of hydrogen-bond acceptors (Lipinski definition) is 1. The van der Waals surface area contributed by atoms with E-state index in [0.29, 0.717) is 17.4 Å². The molecule has 1 N–H and O–H groups in total. The van der Waals surface area contributed by atoms with Crippen molar-refractivity contribution in [2.75, 3.05) is 6.54 Å². The average molecular weight is 356 g/mol. The first kappa shape index (κ1) is 17.0. The van der Waals surface area contributed by atoms with Gasteiger partial charge in [-0.25, -0.2) is 4.39 Å². The Hall–Kier alpha value is -0.410. The number of benzene rings is 1. The van der Waals surface area contributed by atoms with Crippen molar-refractivity contribution < 1.29 is 4.39 Å². The van der Waals surface area contributed by atoms with Crippen molar-refractivity contribution in [3.63, 3.8) is 0 Å². The van der Waals surface area contributed by atoms with Crippen LogP contribution < -0.4 is 5.32 Å². The lowest BCUT2D eigenvalue weighted by atomic mass is 9.76. The Morgan fingerprint density at radius 2 is 2.19 bits per heavy atom. The van der Waals surface area contributed by atoms with Gasteiger partial charge >= 0.3 is 0 Å². The third kappa shape index (κ3) is 4.29. The summed E-state index contributed by atoms with van der Waals surface area (Å²) in [6.07, 6.45) is 5.92. The molecule has 0 amide bonds. The predicted molar refractivity (Wildman–Crippen MR) is 91.0 cm³/mol. The number of rotatable bonds is 6. The zero-order chi connectivity index (χ0) is 15.5. The minimum atomic E-state index is -0.145. The molecule has 21 heavy (non-hydrogen) atoms. The smallest absolute Gasteiger partial charge is 0.123 e. The van der Waals surface area contributed by atoms with Crippen LogP contribution in [0.3, 0.4) is 0 Å². The second-order valence-electron chi connectivity index (χ2n) is 6.99. The van der Waals surface area contributed by atoms with Gasteiger partial charge in [0.1, 0.15) is 5.82 Å². The minimum Gasteiger partial charge on any atom is -0.313 e. The molecule has 118 valence electrons. The van der Waals surface area contributed by atoms with Crippen molar-refractivity contribution >= 4 is 15.9 Å². The molecule has 0 saturated heterocycles. The van der Waals surface area contributed by atoms with Crippen molar-refractivity contribution in [2.24, 2.45) is 11.3 Å². The van der Waals surface area contributed by atoms with Crippen molar-refractivity contribution in [1.29, 1.82) is 0 Å². The van der Waals surface area contributed by atoms with Gasteiger partial charge < -0.3 is 5.32 Å². The van der Waals surface area contributed by atoms with E-state index in [1.807, 2.05) is 6.07 Å². The molecule has 1 aromatic rings. The van der Waals surface area contributed by atoms with Crippen LogP contribution in [0.1, 0.15) is 52.0 Å². The predicted octanol–water partition coefficient (Wildman–Crippen LogP) is 5.33. The monoisotopic (exact) mass is 355 g/mol. The molecule has 1 aromatic carbocycles. The largest absolute Gasteiger partial charge is 0.313 e. The fourth-order valence-electron chi connectivity index (χ4n) is 3.72. The fourth-order valence-corrected chi connectivity index (χ4v) is 4.13.